The highest BCUT2D eigenvalue weighted by Gasteiger charge is 2.68. The lowest BCUT2D eigenvalue weighted by molar-refractivity contribution is -0.156. The number of benzene rings is 1. The number of hydrogen-bond acceptors (Lipinski definition) is 5. The molecule has 3 N–H and O–H groups in total. The van der Waals surface area contributed by atoms with E-state index in [4.69, 9.17) is 0 Å². The number of aliphatic hydroxyl groups is 1. The standard InChI is InChI=1S/C32H36N2O5/c1-17-8-7-10-23-30(38)20(4)19(3)28-25(15-21-16-33-24-11-6-5-9-22(21)24)34-31(39)32(23,28)27(36)13-12-26(35)29(37)18(2)14-17/h5-7,9-14,16-17,19-20,23,25,28-29,33,37H,8,15H2,1-4H3,(H,34,39)/t17-,19+,20-,23-,25-,28-,29+,32+/m0/s1. The molecule has 7 nitrogen and oxygen atoms in total. The van der Waals surface area contributed by atoms with E-state index in [9.17, 15) is 24.3 Å². The number of hydrogen-bond donors (Lipinski definition) is 3. The first kappa shape index (κ1) is 27.0. The highest BCUT2D eigenvalue weighted by atomic mass is 16.3. The third-order valence-electron chi connectivity index (χ3n) is 9.26. The Morgan fingerprint density at radius 2 is 1.79 bits per heavy atom. The van der Waals surface area contributed by atoms with Crippen LogP contribution in [0.2, 0.25) is 0 Å². The van der Waals surface area contributed by atoms with E-state index < -0.39 is 40.8 Å². The lowest BCUT2D eigenvalue weighted by Crippen LogP contribution is -2.58. The van der Waals surface area contributed by atoms with E-state index >= 15 is 0 Å². The summed E-state index contributed by atoms with van der Waals surface area (Å²) < 4.78 is 0. The maximum absolute atomic E-state index is 14.1. The Morgan fingerprint density at radius 3 is 2.56 bits per heavy atom. The van der Waals surface area contributed by atoms with Crippen molar-refractivity contribution in [3.63, 3.8) is 0 Å². The van der Waals surface area contributed by atoms with E-state index in [0.717, 1.165) is 28.6 Å². The van der Waals surface area contributed by atoms with Gasteiger partial charge in [-0.3, -0.25) is 19.2 Å². The number of carbonyl (C=O) groups excluding carboxylic acids is 4. The van der Waals surface area contributed by atoms with Gasteiger partial charge in [0.1, 0.15) is 17.3 Å². The first-order valence-electron chi connectivity index (χ1n) is 13.8. The third-order valence-corrected chi connectivity index (χ3v) is 9.26. The van der Waals surface area contributed by atoms with Gasteiger partial charge in [-0.25, -0.2) is 0 Å². The molecule has 1 spiro atoms. The molecule has 0 radical (unpaired) electrons. The number of carbonyl (C=O) groups is 4. The van der Waals surface area contributed by atoms with Gasteiger partial charge in [0, 0.05) is 35.0 Å². The minimum atomic E-state index is -1.67. The van der Waals surface area contributed by atoms with E-state index in [1.54, 1.807) is 13.0 Å². The van der Waals surface area contributed by atoms with E-state index in [-0.39, 0.29) is 29.6 Å². The highest BCUT2D eigenvalue weighted by Crippen LogP contribution is 2.55. The molecule has 1 aromatic heterocycles. The summed E-state index contributed by atoms with van der Waals surface area (Å²) in [5, 5.41) is 14.7. The Balaban J connectivity index is 1.63. The minimum Gasteiger partial charge on any atom is -0.381 e. The Kier molecular flexibility index (Phi) is 7.06. The van der Waals surface area contributed by atoms with Crippen molar-refractivity contribution >= 4 is 34.2 Å². The number of fused-ring (bicyclic) bond motifs is 1. The van der Waals surface area contributed by atoms with Gasteiger partial charge in [-0.05, 0) is 61.0 Å². The summed E-state index contributed by atoms with van der Waals surface area (Å²) in [5.74, 6) is -3.85. The minimum absolute atomic E-state index is 0.0158. The molecule has 1 aliphatic heterocycles. The molecular formula is C32H36N2O5. The van der Waals surface area contributed by atoms with Gasteiger partial charge in [0.2, 0.25) is 5.91 Å². The fourth-order valence-corrected chi connectivity index (χ4v) is 7.09. The van der Waals surface area contributed by atoms with Crippen molar-refractivity contribution in [3.05, 3.63) is 72.0 Å². The van der Waals surface area contributed by atoms with Crippen LogP contribution >= 0.6 is 0 Å². The van der Waals surface area contributed by atoms with Crippen molar-refractivity contribution in [2.45, 2.75) is 52.7 Å². The summed E-state index contributed by atoms with van der Waals surface area (Å²) in [5.41, 5.74) is 0.848. The summed E-state index contributed by atoms with van der Waals surface area (Å²) in [7, 11) is 0. The van der Waals surface area contributed by atoms with Crippen LogP contribution in [0.15, 0.2) is 66.4 Å². The lowest BCUT2D eigenvalue weighted by atomic mass is 9.51. The molecule has 8 atom stereocenters. The Morgan fingerprint density at radius 1 is 1.05 bits per heavy atom. The van der Waals surface area contributed by atoms with Crippen molar-refractivity contribution in [3.8, 4) is 0 Å². The van der Waals surface area contributed by atoms with Gasteiger partial charge < -0.3 is 15.4 Å². The van der Waals surface area contributed by atoms with E-state index in [1.807, 2.05) is 63.4 Å². The molecule has 5 rings (SSSR count). The molecule has 0 unspecified atom stereocenters. The number of allylic oxidation sites excluding steroid dienone is 4. The number of ketones is 3. The molecule has 1 aromatic carbocycles. The Hall–Kier alpha value is -3.58. The topological polar surface area (TPSA) is 116 Å². The monoisotopic (exact) mass is 528 g/mol. The summed E-state index contributed by atoms with van der Waals surface area (Å²) in [6, 6.07) is 7.56. The number of amides is 1. The summed E-state index contributed by atoms with van der Waals surface area (Å²) in [6.45, 7) is 7.46. The fourth-order valence-electron chi connectivity index (χ4n) is 7.09. The average Bonchev–Trinajstić information content (AvgIpc) is 3.45. The van der Waals surface area contributed by atoms with Crippen molar-refractivity contribution < 1.29 is 24.3 Å². The quantitative estimate of drug-likeness (QED) is 0.404. The molecule has 1 amide bonds. The molecule has 7 heteroatoms. The van der Waals surface area contributed by atoms with Crippen molar-refractivity contribution in [1.82, 2.24) is 10.3 Å². The van der Waals surface area contributed by atoms with Crippen LogP contribution in [0.1, 0.15) is 39.7 Å². The van der Waals surface area contributed by atoms with Gasteiger partial charge in [-0.2, -0.15) is 0 Å². The maximum atomic E-state index is 14.1. The largest absolute Gasteiger partial charge is 0.381 e. The normalized spacial score (nSPS) is 35.5. The van der Waals surface area contributed by atoms with Gasteiger partial charge in [0.15, 0.2) is 11.6 Å². The van der Waals surface area contributed by atoms with Gasteiger partial charge in [0.05, 0.1) is 5.92 Å². The molecule has 2 aromatic rings. The van der Waals surface area contributed by atoms with Crippen LogP contribution in [-0.4, -0.2) is 45.5 Å². The second-order valence-electron chi connectivity index (χ2n) is 11.6. The number of aromatic amines is 1. The number of rotatable bonds is 2. The Bertz CT molecular complexity index is 1430. The number of aromatic nitrogens is 1. The third kappa shape index (κ3) is 4.33. The molecule has 2 fully saturated rings. The van der Waals surface area contributed by atoms with Crippen molar-refractivity contribution in [2.75, 3.05) is 0 Å². The second kappa shape index (κ2) is 10.2. The molecule has 2 heterocycles. The molecule has 0 bridgehead atoms. The van der Waals surface area contributed by atoms with Crippen molar-refractivity contribution in [1.29, 1.82) is 0 Å². The fraction of sp³-hybridized carbons (Fsp3) is 0.438. The van der Waals surface area contributed by atoms with Crippen LogP contribution in [0.5, 0.6) is 0 Å². The summed E-state index contributed by atoms with van der Waals surface area (Å²) in [6.07, 6.45) is 9.20. The number of aliphatic hydroxyl groups excluding tert-OH is 1. The maximum Gasteiger partial charge on any atom is 0.235 e. The first-order valence-corrected chi connectivity index (χ1v) is 13.8. The van der Waals surface area contributed by atoms with E-state index in [2.05, 4.69) is 10.3 Å². The Labute approximate surface area is 228 Å². The van der Waals surface area contributed by atoms with E-state index in [1.165, 1.54) is 0 Å². The zero-order valence-corrected chi connectivity index (χ0v) is 22.8. The van der Waals surface area contributed by atoms with Gasteiger partial charge >= 0.3 is 0 Å². The number of nitrogens with one attached hydrogen (secondary N) is 2. The van der Waals surface area contributed by atoms with Crippen LogP contribution in [-0.2, 0) is 25.6 Å². The number of Topliss-reactive ketones (excluding diaryl/α,β-unsaturated/α-hetero) is 1. The molecule has 39 heavy (non-hydrogen) atoms. The van der Waals surface area contributed by atoms with Crippen LogP contribution in [0.3, 0.4) is 0 Å². The average molecular weight is 529 g/mol. The number of H-pyrrole nitrogens is 1. The van der Waals surface area contributed by atoms with Crippen LogP contribution in [0.4, 0.5) is 0 Å². The second-order valence-corrected chi connectivity index (χ2v) is 11.6. The lowest BCUT2D eigenvalue weighted by Gasteiger charge is -2.47. The van der Waals surface area contributed by atoms with E-state index in [0.29, 0.717) is 18.4 Å². The molecule has 204 valence electrons. The van der Waals surface area contributed by atoms with Gasteiger partial charge in [-0.1, -0.05) is 57.2 Å². The summed E-state index contributed by atoms with van der Waals surface area (Å²) in [4.78, 5) is 58.0. The van der Waals surface area contributed by atoms with Crippen LogP contribution < -0.4 is 5.32 Å². The number of para-hydroxylation sites is 1. The molecule has 1 saturated heterocycles. The molecular weight excluding hydrogens is 492 g/mol. The molecule has 1 saturated carbocycles. The van der Waals surface area contributed by atoms with Crippen LogP contribution in [0.25, 0.3) is 10.9 Å². The first-order chi connectivity index (χ1) is 18.6. The zero-order chi connectivity index (χ0) is 28.1. The molecule has 2 aliphatic carbocycles. The van der Waals surface area contributed by atoms with Gasteiger partial charge in [0.25, 0.3) is 0 Å². The summed E-state index contributed by atoms with van der Waals surface area (Å²) >= 11 is 0. The molecule has 3 aliphatic rings. The van der Waals surface area contributed by atoms with Gasteiger partial charge in [-0.15, -0.1) is 0 Å². The predicted octanol–water partition coefficient (Wildman–Crippen LogP) is 3.88. The van der Waals surface area contributed by atoms with Crippen molar-refractivity contribution in [2.24, 2.45) is 35.0 Å². The predicted molar refractivity (Wildman–Crippen MR) is 149 cm³/mol. The smallest absolute Gasteiger partial charge is 0.235 e. The highest BCUT2D eigenvalue weighted by molar-refractivity contribution is 6.18. The SMILES string of the molecule is CC1=C[C@@H](C)CC=C[C@H]2C(=O)[C@@H](C)[C@@H](C)[C@H]3[C@H](Cc4c[nH]c5ccccc45)NC(=O)[C@]32C(=O)C=CC(=O)[C@@H]1O. The zero-order valence-electron chi connectivity index (χ0n) is 22.8. The van der Waals surface area contributed by atoms with Crippen LogP contribution in [0, 0.1) is 35.0 Å².